The second-order valence-corrected chi connectivity index (χ2v) is 3.98. The zero-order chi connectivity index (χ0) is 12.3. The molecule has 0 aliphatic heterocycles. The van der Waals surface area contributed by atoms with Crippen LogP contribution in [-0.2, 0) is 6.54 Å². The Morgan fingerprint density at radius 2 is 2.00 bits per heavy atom. The lowest BCUT2D eigenvalue weighted by Gasteiger charge is -2.08. The van der Waals surface area contributed by atoms with E-state index in [2.05, 4.69) is 5.32 Å². The number of hydrogen-bond donors (Lipinski definition) is 2. The summed E-state index contributed by atoms with van der Waals surface area (Å²) < 4.78 is 12.9. The van der Waals surface area contributed by atoms with Gasteiger partial charge in [0, 0.05) is 18.3 Å². The minimum Gasteiger partial charge on any atom is -0.508 e. The second-order valence-electron chi connectivity index (χ2n) is 3.98. The van der Waals surface area contributed by atoms with Gasteiger partial charge < -0.3 is 10.4 Å². The summed E-state index contributed by atoms with van der Waals surface area (Å²) in [5, 5.41) is 12.7. The number of anilines is 1. The Hall–Kier alpha value is -2.03. The van der Waals surface area contributed by atoms with E-state index >= 15 is 0 Å². The van der Waals surface area contributed by atoms with Gasteiger partial charge in [-0.25, -0.2) is 4.39 Å². The van der Waals surface area contributed by atoms with E-state index in [1.54, 1.807) is 12.1 Å². The first-order valence-corrected chi connectivity index (χ1v) is 5.43. The minimum absolute atomic E-state index is 0.240. The van der Waals surface area contributed by atoms with Gasteiger partial charge in [-0.05, 0) is 36.2 Å². The van der Waals surface area contributed by atoms with Gasteiger partial charge in [0.25, 0.3) is 0 Å². The van der Waals surface area contributed by atoms with Gasteiger partial charge in [0.1, 0.15) is 11.6 Å². The van der Waals surface area contributed by atoms with Gasteiger partial charge >= 0.3 is 0 Å². The lowest BCUT2D eigenvalue weighted by molar-refractivity contribution is 0.471. The van der Waals surface area contributed by atoms with E-state index in [-0.39, 0.29) is 11.6 Å². The van der Waals surface area contributed by atoms with E-state index in [1.807, 2.05) is 25.1 Å². The number of benzene rings is 2. The van der Waals surface area contributed by atoms with Crippen molar-refractivity contribution in [2.75, 3.05) is 5.32 Å². The third-order valence-corrected chi connectivity index (χ3v) is 2.59. The quantitative estimate of drug-likeness (QED) is 0.848. The largest absolute Gasteiger partial charge is 0.508 e. The number of halogens is 1. The molecule has 0 saturated carbocycles. The van der Waals surface area contributed by atoms with Crippen molar-refractivity contribution in [3.05, 3.63) is 59.4 Å². The molecule has 0 fully saturated rings. The summed E-state index contributed by atoms with van der Waals surface area (Å²) in [7, 11) is 0. The monoisotopic (exact) mass is 231 g/mol. The Morgan fingerprint density at radius 1 is 1.18 bits per heavy atom. The normalized spacial score (nSPS) is 10.2. The Morgan fingerprint density at radius 3 is 2.71 bits per heavy atom. The lowest BCUT2D eigenvalue weighted by atomic mass is 10.2. The Kier molecular flexibility index (Phi) is 3.28. The molecule has 0 heterocycles. The average Bonchev–Trinajstić information content (AvgIpc) is 2.31. The Bertz CT molecular complexity index is 525. The van der Waals surface area contributed by atoms with Crippen LogP contribution in [0.2, 0.25) is 0 Å². The van der Waals surface area contributed by atoms with E-state index in [9.17, 15) is 9.50 Å². The molecule has 0 saturated heterocycles. The van der Waals surface area contributed by atoms with E-state index < -0.39 is 0 Å². The molecule has 2 aromatic rings. The van der Waals surface area contributed by atoms with Crippen molar-refractivity contribution in [3.63, 3.8) is 0 Å². The molecular formula is C14H14FNO. The number of phenolic OH excluding ortho intramolecular Hbond substituents is 1. The summed E-state index contributed by atoms with van der Waals surface area (Å²) >= 11 is 0. The number of nitrogens with one attached hydrogen (secondary N) is 1. The molecule has 0 aliphatic carbocycles. The van der Waals surface area contributed by atoms with Gasteiger partial charge in [0.15, 0.2) is 0 Å². The molecule has 0 radical (unpaired) electrons. The fourth-order valence-electron chi connectivity index (χ4n) is 1.57. The van der Waals surface area contributed by atoms with Crippen molar-refractivity contribution in [1.82, 2.24) is 0 Å². The summed E-state index contributed by atoms with van der Waals surface area (Å²) in [6.45, 7) is 2.37. The van der Waals surface area contributed by atoms with E-state index in [0.717, 1.165) is 16.8 Å². The molecule has 3 heteroatoms. The van der Waals surface area contributed by atoms with Crippen molar-refractivity contribution in [3.8, 4) is 5.75 Å². The van der Waals surface area contributed by atoms with Crippen molar-refractivity contribution < 1.29 is 9.50 Å². The van der Waals surface area contributed by atoms with Crippen molar-refractivity contribution in [2.45, 2.75) is 13.5 Å². The third-order valence-electron chi connectivity index (χ3n) is 2.59. The standard InChI is InChI=1S/C14H14FNO/c1-10-5-6-13(8-14(10)17)16-9-11-3-2-4-12(15)7-11/h2-8,16-17H,9H2,1H3. The molecule has 2 nitrogen and oxygen atoms in total. The molecule has 2 N–H and O–H groups in total. The van der Waals surface area contributed by atoms with Crippen molar-refractivity contribution in [1.29, 1.82) is 0 Å². The SMILES string of the molecule is Cc1ccc(NCc2cccc(F)c2)cc1O. The molecule has 0 aliphatic rings. The van der Waals surface area contributed by atoms with Crippen LogP contribution in [0.5, 0.6) is 5.75 Å². The Balaban J connectivity index is 2.05. The molecule has 2 rings (SSSR count). The molecule has 0 bridgehead atoms. The van der Waals surface area contributed by atoms with E-state index in [1.165, 1.54) is 12.1 Å². The molecule has 17 heavy (non-hydrogen) atoms. The predicted molar refractivity (Wildman–Crippen MR) is 66.6 cm³/mol. The van der Waals surface area contributed by atoms with Gasteiger partial charge in [-0.2, -0.15) is 0 Å². The number of aryl methyl sites for hydroxylation is 1. The van der Waals surface area contributed by atoms with Gasteiger partial charge in [0.2, 0.25) is 0 Å². The molecule has 0 unspecified atom stereocenters. The van der Waals surface area contributed by atoms with Crippen molar-refractivity contribution >= 4 is 5.69 Å². The highest BCUT2D eigenvalue weighted by Gasteiger charge is 1.99. The molecule has 0 spiro atoms. The molecular weight excluding hydrogens is 217 g/mol. The fourth-order valence-corrected chi connectivity index (χ4v) is 1.57. The summed E-state index contributed by atoms with van der Waals surface area (Å²) in [6, 6.07) is 11.8. The van der Waals surface area contributed by atoms with Gasteiger partial charge in [-0.3, -0.25) is 0 Å². The summed E-state index contributed by atoms with van der Waals surface area (Å²) in [5.41, 5.74) is 2.52. The van der Waals surface area contributed by atoms with Gasteiger partial charge in [0.05, 0.1) is 0 Å². The second kappa shape index (κ2) is 4.87. The minimum atomic E-state index is -0.240. The molecule has 0 amide bonds. The lowest BCUT2D eigenvalue weighted by Crippen LogP contribution is -1.99. The summed E-state index contributed by atoms with van der Waals surface area (Å²) in [4.78, 5) is 0. The average molecular weight is 231 g/mol. The number of phenols is 1. The topological polar surface area (TPSA) is 32.3 Å². The first-order valence-electron chi connectivity index (χ1n) is 5.43. The zero-order valence-electron chi connectivity index (χ0n) is 9.57. The number of aromatic hydroxyl groups is 1. The van der Waals surface area contributed by atoms with Crippen LogP contribution >= 0.6 is 0 Å². The molecule has 0 aromatic heterocycles. The molecule has 88 valence electrons. The Labute approximate surface area is 99.7 Å². The van der Waals surface area contributed by atoms with Crippen molar-refractivity contribution in [2.24, 2.45) is 0 Å². The molecule has 0 atom stereocenters. The highest BCUT2D eigenvalue weighted by molar-refractivity contribution is 5.51. The van der Waals surface area contributed by atoms with Crippen LogP contribution in [0.3, 0.4) is 0 Å². The van der Waals surface area contributed by atoms with E-state index in [4.69, 9.17) is 0 Å². The van der Waals surface area contributed by atoms with Gasteiger partial charge in [-0.1, -0.05) is 18.2 Å². The zero-order valence-corrected chi connectivity index (χ0v) is 9.57. The maximum Gasteiger partial charge on any atom is 0.123 e. The highest BCUT2D eigenvalue weighted by atomic mass is 19.1. The summed E-state index contributed by atoms with van der Waals surface area (Å²) in [5.74, 6) is 0.0188. The van der Waals surface area contributed by atoms with Gasteiger partial charge in [-0.15, -0.1) is 0 Å². The maximum absolute atomic E-state index is 12.9. The van der Waals surface area contributed by atoms with Crippen LogP contribution in [-0.4, -0.2) is 5.11 Å². The van der Waals surface area contributed by atoms with Crippen LogP contribution in [0.25, 0.3) is 0 Å². The first kappa shape index (κ1) is 11.5. The van der Waals surface area contributed by atoms with Crippen LogP contribution in [0.4, 0.5) is 10.1 Å². The first-order chi connectivity index (χ1) is 8.15. The number of hydrogen-bond acceptors (Lipinski definition) is 2. The smallest absolute Gasteiger partial charge is 0.123 e. The van der Waals surface area contributed by atoms with Crippen LogP contribution < -0.4 is 5.32 Å². The number of rotatable bonds is 3. The maximum atomic E-state index is 12.9. The van der Waals surface area contributed by atoms with Crippen LogP contribution in [0.15, 0.2) is 42.5 Å². The third kappa shape index (κ3) is 2.97. The molecule has 2 aromatic carbocycles. The fraction of sp³-hybridized carbons (Fsp3) is 0.143. The predicted octanol–water partition coefficient (Wildman–Crippen LogP) is 3.45. The van der Waals surface area contributed by atoms with Crippen LogP contribution in [0, 0.1) is 12.7 Å². The summed E-state index contributed by atoms with van der Waals surface area (Å²) in [6.07, 6.45) is 0. The van der Waals surface area contributed by atoms with Crippen LogP contribution in [0.1, 0.15) is 11.1 Å². The van der Waals surface area contributed by atoms with E-state index in [0.29, 0.717) is 6.54 Å². The highest BCUT2D eigenvalue weighted by Crippen LogP contribution is 2.21.